The zero-order chi connectivity index (χ0) is 23.1. The van der Waals surface area contributed by atoms with E-state index < -0.39 is 20.2 Å². The van der Waals surface area contributed by atoms with E-state index in [0.29, 0.717) is 13.0 Å². The van der Waals surface area contributed by atoms with Crippen molar-refractivity contribution >= 4 is 20.2 Å². The van der Waals surface area contributed by atoms with Gasteiger partial charge in [0.2, 0.25) is 10.0 Å². The number of hydrogen-bond donors (Lipinski definition) is 1. The number of rotatable bonds is 7. The number of benzene rings is 1. The maximum Gasteiger partial charge on any atom is 0.278 e. The van der Waals surface area contributed by atoms with Crippen LogP contribution in [0.15, 0.2) is 18.2 Å². The molecule has 1 aromatic carbocycles. The summed E-state index contributed by atoms with van der Waals surface area (Å²) in [6, 6.07) is 4.92. The molecule has 1 aromatic rings. The molecular weight excluding hydrogens is 455 g/mol. The van der Waals surface area contributed by atoms with E-state index >= 15 is 0 Å². The Balaban J connectivity index is 1.46. The van der Waals surface area contributed by atoms with Crippen LogP contribution in [0.25, 0.3) is 0 Å². The van der Waals surface area contributed by atoms with E-state index in [0.717, 1.165) is 47.8 Å². The van der Waals surface area contributed by atoms with Gasteiger partial charge in [-0.25, -0.2) is 17.5 Å². The van der Waals surface area contributed by atoms with Gasteiger partial charge in [0, 0.05) is 52.4 Å². The maximum atomic E-state index is 14.0. The van der Waals surface area contributed by atoms with Gasteiger partial charge in [0.1, 0.15) is 5.82 Å². The summed E-state index contributed by atoms with van der Waals surface area (Å²) in [4.78, 5) is 2.40. The van der Waals surface area contributed by atoms with Crippen LogP contribution in [0.2, 0.25) is 0 Å². The average Bonchev–Trinajstić information content (AvgIpc) is 2.74. The van der Waals surface area contributed by atoms with Crippen LogP contribution >= 0.6 is 0 Å². The first kappa shape index (κ1) is 24.0. The second-order valence-corrected chi connectivity index (χ2v) is 13.3. The second kappa shape index (κ2) is 9.27. The van der Waals surface area contributed by atoms with Gasteiger partial charge in [-0.05, 0) is 61.3 Å². The molecule has 3 aliphatic heterocycles. The van der Waals surface area contributed by atoms with E-state index in [9.17, 15) is 21.2 Å². The predicted molar refractivity (Wildman–Crippen MR) is 121 cm³/mol. The fourth-order valence-corrected chi connectivity index (χ4v) is 7.90. The fraction of sp³-hybridized carbons (Fsp3) is 0.714. The van der Waals surface area contributed by atoms with Crippen molar-refractivity contribution in [2.24, 2.45) is 5.92 Å². The summed E-state index contributed by atoms with van der Waals surface area (Å²) in [5, 5.41) is 0. The highest BCUT2D eigenvalue weighted by molar-refractivity contribution is 7.89. The van der Waals surface area contributed by atoms with Crippen molar-refractivity contribution in [3.8, 4) is 0 Å². The van der Waals surface area contributed by atoms with Crippen LogP contribution in [-0.4, -0.2) is 82.4 Å². The molecule has 0 radical (unpaired) electrons. The fourth-order valence-electron chi connectivity index (χ4n) is 5.42. The number of nitrogens with one attached hydrogen (secondary N) is 1. The van der Waals surface area contributed by atoms with Gasteiger partial charge in [-0.15, -0.1) is 0 Å². The van der Waals surface area contributed by atoms with E-state index in [-0.39, 0.29) is 42.5 Å². The first-order valence-corrected chi connectivity index (χ1v) is 14.3. The van der Waals surface area contributed by atoms with Crippen LogP contribution in [0.3, 0.4) is 0 Å². The largest absolute Gasteiger partial charge is 0.296 e. The first-order chi connectivity index (χ1) is 15.1. The molecule has 0 aromatic heterocycles. The molecule has 1 N–H and O–H groups in total. The van der Waals surface area contributed by atoms with Crippen LogP contribution < -0.4 is 4.72 Å². The third-order valence-corrected chi connectivity index (χ3v) is 10.6. The SMILES string of the molecule is CN(C)S(=O)(=O)NCCCS(=O)(=O)N1CCC[C@@H]2CN3CCc4ccc(F)cc4[C@@H]3C[C@@H]21. The molecule has 0 amide bonds. The minimum atomic E-state index is -3.57. The normalized spacial score (nSPS) is 27.1. The monoisotopic (exact) mass is 488 g/mol. The topological polar surface area (TPSA) is 90.0 Å². The second-order valence-electron chi connectivity index (χ2n) is 9.27. The average molecular weight is 489 g/mol. The van der Waals surface area contributed by atoms with Crippen LogP contribution in [-0.2, 0) is 26.7 Å². The zero-order valence-electron chi connectivity index (χ0n) is 18.7. The maximum absolute atomic E-state index is 14.0. The third kappa shape index (κ3) is 4.88. The Kier molecular flexibility index (Phi) is 6.96. The minimum absolute atomic E-state index is 0.0402. The Labute approximate surface area is 191 Å². The molecule has 32 heavy (non-hydrogen) atoms. The summed E-state index contributed by atoms with van der Waals surface area (Å²) in [5.41, 5.74) is 2.15. The van der Waals surface area contributed by atoms with Gasteiger partial charge in [0.15, 0.2) is 0 Å². The molecule has 0 saturated carbocycles. The van der Waals surface area contributed by atoms with Crippen LogP contribution in [0.1, 0.15) is 42.9 Å². The first-order valence-electron chi connectivity index (χ1n) is 11.3. The highest BCUT2D eigenvalue weighted by Crippen LogP contribution is 2.43. The molecule has 0 bridgehead atoms. The summed E-state index contributed by atoms with van der Waals surface area (Å²) in [6.07, 6.45) is 3.62. The molecule has 0 spiro atoms. The molecule has 2 saturated heterocycles. The van der Waals surface area contributed by atoms with E-state index in [1.54, 1.807) is 10.4 Å². The van der Waals surface area contributed by atoms with Crippen molar-refractivity contribution in [2.45, 2.75) is 44.2 Å². The number of piperidine rings is 2. The van der Waals surface area contributed by atoms with E-state index in [4.69, 9.17) is 0 Å². The van der Waals surface area contributed by atoms with Crippen molar-refractivity contribution in [2.75, 3.05) is 46.0 Å². The molecule has 0 aliphatic carbocycles. The highest BCUT2D eigenvalue weighted by Gasteiger charge is 2.45. The number of hydrogen-bond acceptors (Lipinski definition) is 5. The summed E-state index contributed by atoms with van der Waals surface area (Å²) in [7, 11) is -4.24. The van der Waals surface area contributed by atoms with Crippen molar-refractivity contribution < 1.29 is 21.2 Å². The van der Waals surface area contributed by atoms with Crippen molar-refractivity contribution in [3.63, 3.8) is 0 Å². The van der Waals surface area contributed by atoms with Gasteiger partial charge in [-0.1, -0.05) is 6.07 Å². The molecule has 8 nitrogen and oxygen atoms in total. The van der Waals surface area contributed by atoms with E-state index in [1.165, 1.54) is 20.2 Å². The molecule has 3 atom stereocenters. The number of halogens is 1. The molecule has 11 heteroatoms. The molecule has 2 fully saturated rings. The minimum Gasteiger partial charge on any atom is -0.296 e. The molecule has 3 heterocycles. The molecule has 3 aliphatic rings. The summed E-state index contributed by atoms with van der Waals surface area (Å²) >= 11 is 0. The Bertz CT molecular complexity index is 1050. The van der Waals surface area contributed by atoms with Crippen molar-refractivity contribution in [3.05, 3.63) is 35.1 Å². The van der Waals surface area contributed by atoms with Gasteiger partial charge in [0.05, 0.1) is 5.75 Å². The van der Waals surface area contributed by atoms with Gasteiger partial charge in [0.25, 0.3) is 10.2 Å². The highest BCUT2D eigenvalue weighted by atomic mass is 32.2. The van der Waals surface area contributed by atoms with Crippen LogP contribution in [0, 0.1) is 11.7 Å². The van der Waals surface area contributed by atoms with Gasteiger partial charge >= 0.3 is 0 Å². The lowest BCUT2D eigenvalue weighted by Gasteiger charge is -2.51. The summed E-state index contributed by atoms with van der Waals surface area (Å²) in [6.45, 7) is 2.33. The Morgan fingerprint density at radius 2 is 1.97 bits per heavy atom. The lowest BCUT2D eigenvalue weighted by molar-refractivity contribution is 0.0218. The van der Waals surface area contributed by atoms with Gasteiger partial charge in [-0.3, -0.25) is 4.90 Å². The van der Waals surface area contributed by atoms with E-state index in [1.807, 2.05) is 6.07 Å². The standard InChI is InChI=1S/C21H33FN4O4S2/c1-24(2)32(29,30)23-9-4-12-31(27,28)26-10-3-5-17-15-25-11-8-16-6-7-18(22)13-19(16)21(25)14-20(17)26/h6-7,13,17,20-21,23H,3-5,8-12,14-15H2,1-2H3/t17-,20+,21+/m1/s1. The van der Waals surface area contributed by atoms with Gasteiger partial charge < -0.3 is 0 Å². The number of nitrogens with zero attached hydrogens (tertiary/aromatic N) is 3. The smallest absolute Gasteiger partial charge is 0.278 e. The molecule has 180 valence electrons. The lowest BCUT2D eigenvalue weighted by Crippen LogP contribution is -2.57. The number of fused-ring (bicyclic) bond motifs is 4. The quantitative estimate of drug-likeness (QED) is 0.585. The summed E-state index contributed by atoms with van der Waals surface area (Å²) in [5.74, 6) is -0.0654. The lowest BCUT2D eigenvalue weighted by atomic mass is 9.77. The summed E-state index contributed by atoms with van der Waals surface area (Å²) < 4.78 is 69.2. The van der Waals surface area contributed by atoms with E-state index in [2.05, 4.69) is 9.62 Å². The number of sulfonamides is 1. The molecule has 4 rings (SSSR count). The van der Waals surface area contributed by atoms with Crippen LogP contribution in [0.5, 0.6) is 0 Å². The molecule has 0 unspecified atom stereocenters. The zero-order valence-corrected chi connectivity index (χ0v) is 20.3. The van der Waals surface area contributed by atoms with Crippen LogP contribution in [0.4, 0.5) is 4.39 Å². The Hall–Kier alpha value is -1.11. The van der Waals surface area contributed by atoms with Crippen molar-refractivity contribution in [1.82, 2.24) is 18.2 Å². The molecular formula is C21H33FN4O4S2. The third-order valence-electron chi connectivity index (χ3n) is 7.08. The Morgan fingerprint density at radius 3 is 2.72 bits per heavy atom. The Morgan fingerprint density at radius 1 is 1.19 bits per heavy atom. The van der Waals surface area contributed by atoms with Gasteiger partial charge in [-0.2, -0.15) is 17.0 Å². The van der Waals surface area contributed by atoms with Crippen molar-refractivity contribution in [1.29, 1.82) is 0 Å². The predicted octanol–water partition coefficient (Wildman–Crippen LogP) is 1.33.